The molecule has 0 unspecified atom stereocenters. The molecule has 0 atom stereocenters. The van der Waals surface area contributed by atoms with Crippen molar-refractivity contribution in [3.63, 3.8) is 0 Å². The van der Waals surface area contributed by atoms with Crippen molar-refractivity contribution in [2.24, 2.45) is 0 Å². The molecule has 0 bridgehead atoms. The molecule has 17 heavy (non-hydrogen) atoms. The molecule has 0 fully saturated rings. The Balaban J connectivity index is 2.27. The van der Waals surface area contributed by atoms with Gasteiger partial charge in [-0.2, -0.15) is 0 Å². The maximum Gasteiger partial charge on any atom is 0.243 e. The Morgan fingerprint density at radius 1 is 1.41 bits per heavy atom. The molecular weight excluding hydrogens is 214 g/mol. The first kappa shape index (κ1) is 11.9. The molecule has 4 nitrogen and oxygen atoms in total. The summed E-state index contributed by atoms with van der Waals surface area (Å²) in [5, 5.41) is 6.15. The molecule has 92 valence electrons. The monoisotopic (exact) mass is 233 g/mol. The minimum atomic E-state index is -0.0231. The molecule has 1 aliphatic heterocycles. The van der Waals surface area contributed by atoms with Gasteiger partial charge in [0.1, 0.15) is 0 Å². The second-order valence-corrected chi connectivity index (χ2v) is 5.06. The number of anilines is 2. The quantitative estimate of drug-likeness (QED) is 0.830. The van der Waals surface area contributed by atoms with Gasteiger partial charge in [-0.1, -0.05) is 12.1 Å². The molecular formula is C13H19N3O. The molecule has 1 aromatic carbocycles. The number of benzene rings is 1. The smallest absolute Gasteiger partial charge is 0.243 e. The molecule has 1 aliphatic rings. The normalized spacial score (nSPS) is 15.5. The third kappa shape index (κ3) is 2.58. The fourth-order valence-corrected chi connectivity index (χ4v) is 2.00. The number of amides is 1. The van der Waals surface area contributed by atoms with Crippen molar-refractivity contribution in [3.8, 4) is 0 Å². The number of likely N-dealkylation sites (N-methyl/N-ethyl adjacent to an activating group) is 1. The summed E-state index contributed by atoms with van der Waals surface area (Å²) in [6.45, 7) is 5.47. The van der Waals surface area contributed by atoms with E-state index in [4.69, 9.17) is 0 Å². The van der Waals surface area contributed by atoms with Crippen molar-refractivity contribution in [1.29, 1.82) is 0 Å². The Bertz CT molecular complexity index is 428. The average molecular weight is 233 g/mol. The number of nitrogens with one attached hydrogen (secondary N) is 2. The van der Waals surface area contributed by atoms with Crippen molar-refractivity contribution in [2.45, 2.75) is 19.4 Å². The highest BCUT2D eigenvalue weighted by Gasteiger charge is 2.26. The predicted molar refractivity (Wildman–Crippen MR) is 70.4 cm³/mol. The summed E-state index contributed by atoms with van der Waals surface area (Å²) < 4.78 is 0. The highest BCUT2D eigenvalue weighted by Crippen LogP contribution is 2.29. The van der Waals surface area contributed by atoms with E-state index in [1.54, 1.807) is 0 Å². The van der Waals surface area contributed by atoms with E-state index in [0.29, 0.717) is 6.54 Å². The van der Waals surface area contributed by atoms with Gasteiger partial charge in [0.15, 0.2) is 0 Å². The molecule has 1 aromatic rings. The van der Waals surface area contributed by atoms with E-state index >= 15 is 0 Å². The fourth-order valence-electron chi connectivity index (χ4n) is 2.00. The Morgan fingerprint density at radius 2 is 2.12 bits per heavy atom. The molecule has 4 heteroatoms. The van der Waals surface area contributed by atoms with Crippen LogP contribution in [0.15, 0.2) is 24.3 Å². The maximum absolute atomic E-state index is 11.6. The van der Waals surface area contributed by atoms with Gasteiger partial charge in [-0.15, -0.1) is 0 Å². The average Bonchev–Trinajstić information content (AvgIpc) is 2.28. The lowest BCUT2D eigenvalue weighted by molar-refractivity contribution is -0.115. The molecule has 0 saturated heterocycles. The van der Waals surface area contributed by atoms with Crippen LogP contribution in [0.4, 0.5) is 11.4 Å². The van der Waals surface area contributed by atoms with Crippen LogP contribution in [0.1, 0.15) is 13.8 Å². The van der Waals surface area contributed by atoms with Crippen LogP contribution >= 0.6 is 0 Å². The van der Waals surface area contributed by atoms with Crippen LogP contribution in [-0.4, -0.2) is 31.6 Å². The zero-order chi connectivity index (χ0) is 12.5. The number of carbonyl (C=O) groups excluding carboxylic acids is 1. The SMILES string of the molecule is CNC(C)(C)CN1CC(=O)Nc2ccccc21. The van der Waals surface area contributed by atoms with E-state index < -0.39 is 0 Å². The van der Waals surface area contributed by atoms with Crippen molar-refractivity contribution in [3.05, 3.63) is 24.3 Å². The van der Waals surface area contributed by atoms with Gasteiger partial charge in [0.05, 0.1) is 17.9 Å². The zero-order valence-corrected chi connectivity index (χ0v) is 10.6. The van der Waals surface area contributed by atoms with Gasteiger partial charge in [0, 0.05) is 12.1 Å². The van der Waals surface area contributed by atoms with Gasteiger partial charge in [-0.25, -0.2) is 0 Å². The fraction of sp³-hybridized carbons (Fsp3) is 0.462. The summed E-state index contributed by atoms with van der Waals surface area (Å²) in [5.74, 6) is 0.0515. The van der Waals surface area contributed by atoms with E-state index in [-0.39, 0.29) is 11.4 Å². The lowest BCUT2D eigenvalue weighted by atomic mass is 10.0. The Labute approximate surface area is 102 Å². The number of carbonyl (C=O) groups is 1. The predicted octanol–water partition coefficient (Wildman–Crippen LogP) is 1.44. The van der Waals surface area contributed by atoms with Crippen molar-refractivity contribution >= 4 is 17.3 Å². The largest absolute Gasteiger partial charge is 0.359 e. The Kier molecular flexibility index (Phi) is 3.07. The second kappa shape index (κ2) is 4.37. The van der Waals surface area contributed by atoms with E-state index in [1.165, 1.54) is 0 Å². The van der Waals surface area contributed by atoms with E-state index in [1.807, 2.05) is 31.3 Å². The number of nitrogens with zero attached hydrogens (tertiary/aromatic N) is 1. The van der Waals surface area contributed by atoms with Gasteiger partial charge in [-0.3, -0.25) is 4.79 Å². The first-order valence-corrected chi connectivity index (χ1v) is 5.84. The third-order valence-corrected chi connectivity index (χ3v) is 3.12. The number of para-hydroxylation sites is 2. The summed E-state index contributed by atoms with van der Waals surface area (Å²) in [6.07, 6.45) is 0. The van der Waals surface area contributed by atoms with Crippen LogP contribution in [0.3, 0.4) is 0 Å². The van der Waals surface area contributed by atoms with Crippen LogP contribution in [0.2, 0.25) is 0 Å². The summed E-state index contributed by atoms with van der Waals surface area (Å²) in [6, 6.07) is 7.91. The maximum atomic E-state index is 11.6. The highest BCUT2D eigenvalue weighted by atomic mass is 16.2. The van der Waals surface area contributed by atoms with E-state index in [9.17, 15) is 4.79 Å². The van der Waals surface area contributed by atoms with Crippen LogP contribution in [-0.2, 0) is 4.79 Å². The summed E-state index contributed by atoms with van der Waals surface area (Å²) >= 11 is 0. The molecule has 2 rings (SSSR count). The lowest BCUT2D eigenvalue weighted by Crippen LogP contribution is -2.51. The molecule has 0 saturated carbocycles. The van der Waals surface area contributed by atoms with Gasteiger partial charge in [0.25, 0.3) is 0 Å². The third-order valence-electron chi connectivity index (χ3n) is 3.12. The first-order valence-electron chi connectivity index (χ1n) is 5.84. The van der Waals surface area contributed by atoms with Crippen molar-refractivity contribution in [1.82, 2.24) is 5.32 Å². The standard InChI is InChI=1S/C13H19N3O/c1-13(2,14-3)9-16-8-12(17)15-10-6-4-5-7-11(10)16/h4-7,14H,8-9H2,1-3H3,(H,15,17). The molecule has 0 radical (unpaired) electrons. The molecule has 2 N–H and O–H groups in total. The van der Waals surface area contributed by atoms with Gasteiger partial charge < -0.3 is 15.5 Å². The van der Waals surface area contributed by atoms with Gasteiger partial charge in [-0.05, 0) is 33.0 Å². The molecule has 0 aliphatic carbocycles. The topological polar surface area (TPSA) is 44.4 Å². The second-order valence-electron chi connectivity index (χ2n) is 5.06. The van der Waals surface area contributed by atoms with Gasteiger partial charge in [0.2, 0.25) is 5.91 Å². The minimum Gasteiger partial charge on any atom is -0.359 e. The highest BCUT2D eigenvalue weighted by molar-refractivity contribution is 6.01. The molecule has 1 amide bonds. The van der Waals surface area contributed by atoms with Crippen LogP contribution < -0.4 is 15.5 Å². The number of hydrogen-bond donors (Lipinski definition) is 2. The van der Waals surface area contributed by atoms with Gasteiger partial charge >= 0.3 is 0 Å². The van der Waals surface area contributed by atoms with Crippen LogP contribution in [0.25, 0.3) is 0 Å². The van der Waals surface area contributed by atoms with E-state index in [0.717, 1.165) is 17.9 Å². The van der Waals surface area contributed by atoms with Crippen molar-refractivity contribution < 1.29 is 4.79 Å². The lowest BCUT2D eigenvalue weighted by Gasteiger charge is -2.37. The summed E-state index contributed by atoms with van der Waals surface area (Å²) in [5.41, 5.74) is 1.97. The molecule has 0 spiro atoms. The zero-order valence-electron chi connectivity index (χ0n) is 10.6. The van der Waals surface area contributed by atoms with Crippen molar-refractivity contribution in [2.75, 3.05) is 30.4 Å². The van der Waals surface area contributed by atoms with Crippen LogP contribution in [0.5, 0.6) is 0 Å². The Morgan fingerprint density at radius 3 is 2.82 bits per heavy atom. The summed E-state index contributed by atoms with van der Waals surface area (Å²) in [7, 11) is 1.94. The molecule has 1 heterocycles. The number of hydrogen-bond acceptors (Lipinski definition) is 3. The number of rotatable bonds is 3. The Hall–Kier alpha value is -1.55. The minimum absolute atomic E-state index is 0.0231. The first-order chi connectivity index (χ1) is 8.02. The van der Waals surface area contributed by atoms with Crippen LogP contribution in [0, 0.1) is 0 Å². The number of fused-ring (bicyclic) bond motifs is 1. The summed E-state index contributed by atoms with van der Waals surface area (Å²) in [4.78, 5) is 13.8. The van der Waals surface area contributed by atoms with E-state index in [2.05, 4.69) is 29.4 Å². The molecule has 0 aromatic heterocycles.